The molecule has 0 unspecified atom stereocenters. The third-order valence-corrected chi connectivity index (χ3v) is 13.2. The average Bonchev–Trinajstić information content (AvgIpc) is 2.98. The number of aliphatic hydroxyl groups excluding tert-OH is 2. The van der Waals surface area contributed by atoms with Gasteiger partial charge in [0.05, 0.1) is 29.6 Å². The molecule has 0 aliphatic heterocycles. The van der Waals surface area contributed by atoms with Crippen molar-refractivity contribution in [1.29, 1.82) is 0 Å². The van der Waals surface area contributed by atoms with Gasteiger partial charge in [0, 0.05) is 65.6 Å². The van der Waals surface area contributed by atoms with Crippen molar-refractivity contribution < 1.29 is 39.6 Å². The Morgan fingerprint density at radius 3 is 1.04 bits per heavy atom. The highest BCUT2D eigenvalue weighted by atomic mass is 127. The molecule has 2 rings (SSSR count). The summed E-state index contributed by atoms with van der Waals surface area (Å²) in [4.78, 5) is 44.4. The van der Waals surface area contributed by atoms with Gasteiger partial charge in [0.2, 0.25) is 11.8 Å². The quantitative estimate of drug-likeness (QED) is 0.0580. The first kappa shape index (κ1) is 47.2. The maximum absolute atomic E-state index is 11.2. The number of aliphatic hydroxyl groups is 2. The van der Waals surface area contributed by atoms with E-state index in [1.807, 2.05) is 90.4 Å². The van der Waals surface area contributed by atoms with Crippen LogP contribution in [0.1, 0.15) is 90.6 Å². The first-order valence-corrected chi connectivity index (χ1v) is 20.5. The van der Waals surface area contributed by atoms with Crippen LogP contribution in [0.15, 0.2) is 0 Å². The Bertz CT molecular complexity index is 1310. The predicted octanol–water partition coefficient (Wildman–Crippen LogP) is 6.54. The van der Waals surface area contributed by atoms with E-state index in [1.54, 1.807) is 0 Å². The van der Waals surface area contributed by atoms with Gasteiger partial charge >= 0.3 is 11.9 Å². The van der Waals surface area contributed by atoms with E-state index in [-0.39, 0.29) is 36.0 Å². The number of carbonyl (C=O) groups excluding carboxylic acids is 2. The normalized spacial score (nSPS) is 10.3. The molecular weight excluding hydrogens is 1290 g/mol. The summed E-state index contributed by atoms with van der Waals surface area (Å²) >= 11 is 11.9. The van der Waals surface area contributed by atoms with Crippen LogP contribution in [0.2, 0.25) is 0 Å². The van der Waals surface area contributed by atoms with Gasteiger partial charge in [-0.25, -0.2) is 9.59 Å². The minimum Gasteiger partial charge on any atom is -0.478 e. The Labute approximate surface area is 356 Å². The minimum atomic E-state index is -1.02. The highest BCUT2D eigenvalue weighted by Gasteiger charge is 2.24. The van der Waals surface area contributed by atoms with Crippen molar-refractivity contribution in [3.05, 3.63) is 43.7 Å². The van der Waals surface area contributed by atoms with Crippen LogP contribution in [0.25, 0.3) is 0 Å². The van der Waals surface area contributed by atoms with E-state index in [9.17, 15) is 29.4 Å². The van der Waals surface area contributed by atoms with E-state index in [1.165, 1.54) is 33.1 Å². The molecule has 18 heteroatoms. The first-order chi connectivity index (χ1) is 22.0. The molecule has 0 radical (unpaired) electrons. The van der Waals surface area contributed by atoms with Crippen molar-refractivity contribution in [2.24, 2.45) is 0 Å². The van der Waals surface area contributed by atoms with Gasteiger partial charge in [-0.1, -0.05) is 32.1 Å². The molecule has 0 aromatic heterocycles. The molecule has 0 spiro atoms. The molecule has 0 saturated heterocycles. The molecule has 0 atom stereocenters. The molecule has 2 aromatic rings. The van der Waals surface area contributed by atoms with Crippen LogP contribution in [-0.2, 0) is 22.7 Å². The lowest BCUT2D eigenvalue weighted by atomic mass is 10.1. The largest absolute Gasteiger partial charge is 0.478 e. The van der Waals surface area contributed by atoms with Crippen molar-refractivity contribution in [3.8, 4) is 0 Å². The number of hydrogen-bond donors (Lipinski definition) is 8. The molecular formula is C29H38I6N4O8. The third kappa shape index (κ3) is 16.4. The van der Waals surface area contributed by atoms with Crippen molar-refractivity contribution in [3.63, 3.8) is 0 Å². The minimum absolute atomic E-state index is 0.171. The standard InChI is InChI=1S/2C10H9I3N2O3.C9H20O2/c2*1-3(16)15-2-4-6(11)5(10(17)18)8(13)9(14)7(4)12;10-8-6-4-2-1-3-5-7-9-11/h2*2,14H2,1H3,(H,15,16)(H,17,18);10-11H,1-9H2. The van der Waals surface area contributed by atoms with E-state index >= 15 is 0 Å². The third-order valence-electron chi connectivity index (χ3n) is 6.16. The Kier molecular flexibility index (Phi) is 25.3. The molecule has 0 fully saturated rings. The molecule has 12 nitrogen and oxygen atoms in total. The van der Waals surface area contributed by atoms with E-state index in [4.69, 9.17) is 21.7 Å². The first-order valence-electron chi connectivity index (χ1n) is 14.0. The topological polar surface area (TPSA) is 225 Å². The summed E-state index contributed by atoms with van der Waals surface area (Å²) < 4.78 is 3.83. The number of benzene rings is 2. The zero-order valence-electron chi connectivity index (χ0n) is 25.6. The van der Waals surface area contributed by atoms with Crippen molar-refractivity contribution >= 4 is 171 Å². The number of aromatic carboxylic acids is 2. The van der Waals surface area contributed by atoms with Gasteiger partial charge in [0.15, 0.2) is 0 Å². The molecule has 10 N–H and O–H groups in total. The summed E-state index contributed by atoms with van der Waals surface area (Å²) in [5, 5.41) is 40.7. The molecule has 2 aromatic carbocycles. The Balaban J connectivity index is 0.000000699. The number of hydrogen-bond acceptors (Lipinski definition) is 8. The fourth-order valence-electron chi connectivity index (χ4n) is 3.69. The summed E-state index contributed by atoms with van der Waals surface area (Å²) in [6.07, 6.45) is 7.89. The Morgan fingerprint density at radius 1 is 0.532 bits per heavy atom. The number of amides is 2. The van der Waals surface area contributed by atoms with Crippen molar-refractivity contribution in [1.82, 2.24) is 10.6 Å². The number of anilines is 2. The lowest BCUT2D eigenvalue weighted by Gasteiger charge is -2.15. The second kappa shape index (κ2) is 25.2. The molecule has 0 aliphatic carbocycles. The highest BCUT2D eigenvalue weighted by molar-refractivity contribution is 14.1. The zero-order valence-corrected chi connectivity index (χ0v) is 38.6. The van der Waals surface area contributed by atoms with Gasteiger partial charge in [-0.3, -0.25) is 9.59 Å². The van der Waals surface area contributed by atoms with E-state index in [0.717, 1.165) is 44.0 Å². The Hall–Kier alpha value is 0.220. The fourth-order valence-corrected chi connectivity index (χ4v) is 11.7. The van der Waals surface area contributed by atoms with Crippen LogP contribution in [0.5, 0.6) is 0 Å². The van der Waals surface area contributed by atoms with Crippen LogP contribution >= 0.6 is 136 Å². The number of halogens is 6. The number of unbranched alkanes of at least 4 members (excludes halogenated alkanes) is 6. The van der Waals surface area contributed by atoms with E-state index in [2.05, 4.69) is 55.8 Å². The average molecular weight is 1330 g/mol. The number of nitrogens with one attached hydrogen (secondary N) is 2. The van der Waals surface area contributed by atoms with Crippen molar-refractivity contribution in [2.75, 3.05) is 24.7 Å². The maximum Gasteiger partial charge on any atom is 0.337 e. The molecule has 2 amide bonds. The molecule has 0 aliphatic rings. The highest BCUT2D eigenvalue weighted by Crippen LogP contribution is 2.35. The number of nitrogen functional groups attached to an aromatic ring is 2. The van der Waals surface area contributed by atoms with Gasteiger partial charge in [0.1, 0.15) is 0 Å². The van der Waals surface area contributed by atoms with Crippen LogP contribution in [0, 0.1) is 21.4 Å². The fraction of sp³-hybridized carbons (Fsp3) is 0.448. The molecule has 0 heterocycles. The summed E-state index contributed by atoms with van der Waals surface area (Å²) in [5.41, 5.74) is 14.5. The van der Waals surface area contributed by atoms with Gasteiger partial charge in [-0.2, -0.15) is 0 Å². The maximum atomic E-state index is 11.2. The predicted molar refractivity (Wildman–Crippen MR) is 233 cm³/mol. The van der Waals surface area contributed by atoms with Gasteiger partial charge in [0.25, 0.3) is 0 Å². The molecule has 0 saturated carbocycles. The lowest BCUT2D eigenvalue weighted by Crippen LogP contribution is -2.22. The summed E-state index contributed by atoms with van der Waals surface area (Å²) in [7, 11) is 0. The van der Waals surface area contributed by atoms with Gasteiger partial charge in [-0.15, -0.1) is 0 Å². The zero-order chi connectivity index (χ0) is 36.4. The van der Waals surface area contributed by atoms with Gasteiger partial charge < -0.3 is 42.5 Å². The summed E-state index contributed by atoms with van der Waals surface area (Å²) in [6, 6.07) is 0. The van der Waals surface area contributed by atoms with Crippen LogP contribution in [0.4, 0.5) is 11.4 Å². The number of carbonyl (C=O) groups is 4. The number of nitrogens with two attached hydrogens (primary N) is 2. The number of carboxylic acid groups (broad SMARTS) is 2. The molecule has 264 valence electrons. The summed E-state index contributed by atoms with van der Waals surface area (Å²) in [6.45, 7) is 4.02. The monoisotopic (exact) mass is 1330 g/mol. The lowest BCUT2D eigenvalue weighted by molar-refractivity contribution is -0.120. The van der Waals surface area contributed by atoms with Gasteiger partial charge in [-0.05, 0) is 148 Å². The smallest absolute Gasteiger partial charge is 0.337 e. The Morgan fingerprint density at radius 2 is 0.809 bits per heavy atom. The second-order valence-corrected chi connectivity index (χ2v) is 16.2. The number of rotatable bonds is 14. The summed E-state index contributed by atoms with van der Waals surface area (Å²) in [5.74, 6) is -2.38. The number of carboxylic acids is 2. The van der Waals surface area contributed by atoms with Crippen LogP contribution in [-0.4, -0.2) is 57.4 Å². The van der Waals surface area contributed by atoms with Crippen LogP contribution in [0.3, 0.4) is 0 Å². The van der Waals surface area contributed by atoms with Crippen LogP contribution < -0.4 is 22.1 Å². The van der Waals surface area contributed by atoms with E-state index in [0.29, 0.717) is 38.9 Å². The molecule has 0 bridgehead atoms. The second-order valence-electron chi connectivity index (χ2n) is 9.77. The van der Waals surface area contributed by atoms with Crippen molar-refractivity contribution in [2.45, 2.75) is 71.9 Å². The van der Waals surface area contributed by atoms with E-state index < -0.39 is 11.9 Å². The SMILES string of the molecule is CC(=O)NCc1c(I)c(N)c(I)c(C(=O)O)c1I.CC(=O)NCc1c(I)c(N)c(I)c(C(=O)O)c1I.OCCCCCCCCCO. The molecule has 47 heavy (non-hydrogen) atoms.